The summed E-state index contributed by atoms with van der Waals surface area (Å²) in [7, 11) is 0. The van der Waals surface area contributed by atoms with Gasteiger partial charge < -0.3 is 10.1 Å². The van der Waals surface area contributed by atoms with E-state index < -0.39 is 0 Å². The molecule has 21 heavy (non-hydrogen) atoms. The molecule has 0 radical (unpaired) electrons. The lowest BCUT2D eigenvalue weighted by Gasteiger charge is -2.33. The van der Waals surface area contributed by atoms with Gasteiger partial charge in [-0.15, -0.1) is 0 Å². The van der Waals surface area contributed by atoms with Crippen LogP contribution < -0.4 is 10.1 Å². The molecule has 2 aliphatic heterocycles. The van der Waals surface area contributed by atoms with Crippen molar-refractivity contribution in [2.24, 2.45) is 0 Å². The van der Waals surface area contributed by atoms with Gasteiger partial charge in [0.2, 0.25) is 0 Å². The fourth-order valence-electron chi connectivity index (χ4n) is 3.43. The van der Waals surface area contributed by atoms with Gasteiger partial charge in [0.1, 0.15) is 5.75 Å². The maximum Gasteiger partial charge on any atom is 0.122 e. The van der Waals surface area contributed by atoms with Crippen LogP contribution in [0.15, 0.2) is 18.2 Å². The summed E-state index contributed by atoms with van der Waals surface area (Å²) >= 11 is 0. The average molecular weight is 288 g/mol. The Hall–Kier alpha value is -1.06. The van der Waals surface area contributed by atoms with Gasteiger partial charge in [0.15, 0.2) is 0 Å². The van der Waals surface area contributed by atoms with E-state index in [0.29, 0.717) is 12.1 Å². The molecule has 3 nitrogen and oxygen atoms in total. The molecule has 0 saturated carbocycles. The van der Waals surface area contributed by atoms with E-state index >= 15 is 0 Å². The zero-order valence-corrected chi connectivity index (χ0v) is 13.4. The topological polar surface area (TPSA) is 24.5 Å². The van der Waals surface area contributed by atoms with E-state index in [9.17, 15) is 0 Å². The van der Waals surface area contributed by atoms with Crippen LogP contribution in [-0.2, 0) is 6.42 Å². The van der Waals surface area contributed by atoms with Crippen LogP contribution in [0.1, 0.15) is 50.3 Å². The Labute approximate surface area is 128 Å². The Morgan fingerprint density at radius 2 is 2.00 bits per heavy atom. The molecule has 2 atom stereocenters. The van der Waals surface area contributed by atoms with Gasteiger partial charge in [-0.05, 0) is 57.0 Å². The summed E-state index contributed by atoms with van der Waals surface area (Å²) in [6.07, 6.45) is 5.19. The van der Waals surface area contributed by atoms with Gasteiger partial charge in [0.25, 0.3) is 0 Å². The molecule has 2 heterocycles. The Kier molecular flexibility index (Phi) is 4.81. The summed E-state index contributed by atoms with van der Waals surface area (Å²) in [5.74, 6) is 1.08. The van der Waals surface area contributed by atoms with E-state index in [4.69, 9.17) is 4.74 Å². The first-order chi connectivity index (χ1) is 10.2. The number of nitrogens with zero attached hydrogens (tertiary/aromatic N) is 1. The second-order valence-corrected chi connectivity index (χ2v) is 6.54. The molecular formula is C18H28N2O. The van der Waals surface area contributed by atoms with Crippen molar-refractivity contribution in [2.45, 2.75) is 51.6 Å². The fourth-order valence-corrected chi connectivity index (χ4v) is 3.43. The van der Waals surface area contributed by atoms with Crippen molar-refractivity contribution in [1.29, 1.82) is 0 Å². The van der Waals surface area contributed by atoms with E-state index in [2.05, 4.69) is 42.3 Å². The highest BCUT2D eigenvalue weighted by Gasteiger charge is 2.18. The number of benzene rings is 1. The Morgan fingerprint density at radius 3 is 2.81 bits per heavy atom. The van der Waals surface area contributed by atoms with Crippen LogP contribution in [0.2, 0.25) is 0 Å². The number of likely N-dealkylation sites (tertiary alicyclic amines) is 1. The third-order valence-electron chi connectivity index (χ3n) is 4.95. The third kappa shape index (κ3) is 3.58. The zero-order chi connectivity index (χ0) is 14.7. The molecule has 0 aromatic heterocycles. The number of hydrogen-bond acceptors (Lipinski definition) is 3. The molecule has 1 aromatic rings. The fraction of sp³-hybridized carbons (Fsp3) is 0.667. The number of ether oxygens (including phenoxy) is 1. The quantitative estimate of drug-likeness (QED) is 0.901. The lowest BCUT2D eigenvalue weighted by Crippen LogP contribution is -2.43. The molecule has 3 rings (SSSR count). The first kappa shape index (κ1) is 14.9. The standard InChI is InChI=1S/C18H28N2O/c1-14(20-9-4-3-5-10-20)13-19-15(2)16-6-7-18-17(12-16)8-11-21-18/h6-7,12,14-15,19H,3-5,8-11,13H2,1-2H3. The van der Waals surface area contributed by atoms with Crippen molar-refractivity contribution in [3.05, 3.63) is 29.3 Å². The second-order valence-electron chi connectivity index (χ2n) is 6.54. The number of rotatable bonds is 5. The number of hydrogen-bond donors (Lipinski definition) is 1. The smallest absolute Gasteiger partial charge is 0.122 e. The Balaban J connectivity index is 1.52. The predicted octanol–water partition coefficient (Wildman–Crippen LogP) is 3.15. The summed E-state index contributed by atoms with van der Waals surface area (Å²) in [5, 5.41) is 3.70. The lowest BCUT2D eigenvalue weighted by atomic mass is 10.0. The van der Waals surface area contributed by atoms with Crippen LogP contribution >= 0.6 is 0 Å². The second kappa shape index (κ2) is 6.80. The van der Waals surface area contributed by atoms with Gasteiger partial charge >= 0.3 is 0 Å². The van der Waals surface area contributed by atoms with Crippen molar-refractivity contribution in [2.75, 3.05) is 26.2 Å². The maximum atomic E-state index is 5.58. The maximum absolute atomic E-state index is 5.58. The van der Waals surface area contributed by atoms with Crippen molar-refractivity contribution in [3.8, 4) is 5.75 Å². The molecule has 3 heteroatoms. The normalized spacial score (nSPS) is 21.6. The van der Waals surface area contributed by atoms with Crippen LogP contribution in [-0.4, -0.2) is 37.2 Å². The van der Waals surface area contributed by atoms with Crippen molar-refractivity contribution in [1.82, 2.24) is 10.2 Å². The highest BCUT2D eigenvalue weighted by Crippen LogP contribution is 2.28. The van der Waals surface area contributed by atoms with Gasteiger partial charge in [-0.25, -0.2) is 0 Å². The molecule has 1 aromatic carbocycles. The Morgan fingerprint density at radius 1 is 1.19 bits per heavy atom. The minimum absolute atomic E-state index is 0.406. The first-order valence-electron chi connectivity index (χ1n) is 8.47. The van der Waals surface area contributed by atoms with E-state index in [-0.39, 0.29) is 0 Å². The SMILES string of the molecule is CC(NCC(C)N1CCCCC1)c1ccc2c(c1)CCO2. The highest BCUT2D eigenvalue weighted by atomic mass is 16.5. The highest BCUT2D eigenvalue weighted by molar-refractivity contribution is 5.40. The summed E-state index contributed by atoms with van der Waals surface area (Å²) < 4.78 is 5.58. The molecule has 2 unspecified atom stereocenters. The van der Waals surface area contributed by atoms with Crippen molar-refractivity contribution < 1.29 is 4.74 Å². The monoisotopic (exact) mass is 288 g/mol. The molecule has 0 spiro atoms. The summed E-state index contributed by atoms with van der Waals surface area (Å²) in [5.41, 5.74) is 2.75. The predicted molar refractivity (Wildman–Crippen MR) is 86.9 cm³/mol. The lowest BCUT2D eigenvalue weighted by molar-refractivity contribution is 0.168. The van der Waals surface area contributed by atoms with Crippen LogP contribution in [0.25, 0.3) is 0 Å². The number of nitrogens with one attached hydrogen (secondary N) is 1. The molecule has 0 aliphatic carbocycles. The average Bonchev–Trinajstić information content (AvgIpc) is 3.00. The number of piperidine rings is 1. The zero-order valence-electron chi connectivity index (χ0n) is 13.4. The van der Waals surface area contributed by atoms with E-state index in [1.54, 1.807) is 0 Å². The Bertz CT molecular complexity index is 468. The van der Waals surface area contributed by atoms with Gasteiger partial charge in [-0.1, -0.05) is 18.6 Å². The third-order valence-corrected chi connectivity index (χ3v) is 4.95. The van der Waals surface area contributed by atoms with Gasteiger partial charge in [-0.3, -0.25) is 4.90 Å². The number of fused-ring (bicyclic) bond motifs is 1. The minimum Gasteiger partial charge on any atom is -0.493 e. The van der Waals surface area contributed by atoms with Crippen LogP contribution in [0.4, 0.5) is 0 Å². The summed E-state index contributed by atoms with van der Waals surface area (Å²) in [6, 6.07) is 7.68. The summed E-state index contributed by atoms with van der Waals surface area (Å²) in [4.78, 5) is 2.62. The van der Waals surface area contributed by atoms with E-state index in [1.165, 1.54) is 43.5 Å². The minimum atomic E-state index is 0.406. The van der Waals surface area contributed by atoms with Crippen LogP contribution in [0, 0.1) is 0 Å². The molecule has 2 aliphatic rings. The summed E-state index contributed by atoms with van der Waals surface area (Å²) in [6.45, 7) is 9.06. The molecular weight excluding hydrogens is 260 g/mol. The van der Waals surface area contributed by atoms with Crippen molar-refractivity contribution in [3.63, 3.8) is 0 Å². The molecule has 1 saturated heterocycles. The van der Waals surface area contributed by atoms with E-state index in [0.717, 1.165) is 25.3 Å². The van der Waals surface area contributed by atoms with Gasteiger partial charge in [0.05, 0.1) is 6.61 Å². The van der Waals surface area contributed by atoms with E-state index in [1.807, 2.05) is 0 Å². The first-order valence-corrected chi connectivity index (χ1v) is 8.47. The molecule has 1 fully saturated rings. The van der Waals surface area contributed by atoms with Gasteiger partial charge in [-0.2, -0.15) is 0 Å². The van der Waals surface area contributed by atoms with Crippen LogP contribution in [0.5, 0.6) is 5.75 Å². The van der Waals surface area contributed by atoms with Gasteiger partial charge in [0, 0.05) is 25.0 Å². The van der Waals surface area contributed by atoms with Crippen LogP contribution in [0.3, 0.4) is 0 Å². The largest absolute Gasteiger partial charge is 0.493 e. The molecule has 1 N–H and O–H groups in total. The van der Waals surface area contributed by atoms with Crippen molar-refractivity contribution >= 4 is 0 Å². The molecule has 0 amide bonds. The molecule has 116 valence electrons. The molecule has 0 bridgehead atoms.